The molecule has 0 fully saturated rings. The van der Waals surface area contributed by atoms with Crippen LogP contribution in [0.5, 0.6) is 17.2 Å². The summed E-state index contributed by atoms with van der Waals surface area (Å²) in [5.41, 5.74) is 2.20. The Hall–Kier alpha value is -4.33. The molecule has 1 atom stereocenters. The van der Waals surface area contributed by atoms with E-state index in [1.807, 2.05) is 36.4 Å². The molecule has 186 valence electrons. The number of hydrogen-bond acceptors (Lipinski definition) is 7. The Bertz CT molecular complexity index is 1250. The average molecular weight is 489 g/mol. The third-order valence-electron chi connectivity index (χ3n) is 6.15. The molecular formula is C28H28N2O6. The summed E-state index contributed by atoms with van der Waals surface area (Å²) in [5.74, 6) is -0.370. The van der Waals surface area contributed by atoms with Crippen LogP contribution in [0, 0.1) is 0 Å². The number of rotatable bonds is 10. The van der Waals surface area contributed by atoms with Crippen LogP contribution in [0.25, 0.3) is 0 Å². The molecule has 1 unspecified atom stereocenters. The van der Waals surface area contributed by atoms with Crippen LogP contribution in [-0.2, 0) is 22.6 Å². The van der Waals surface area contributed by atoms with Crippen LogP contribution < -0.4 is 14.2 Å². The second-order valence-electron chi connectivity index (χ2n) is 8.29. The molecule has 4 rings (SSSR count). The largest absolute Gasteiger partial charge is 0.503 e. The van der Waals surface area contributed by atoms with Crippen LogP contribution in [0.15, 0.2) is 78.2 Å². The minimum Gasteiger partial charge on any atom is -0.503 e. The first-order chi connectivity index (χ1) is 17.5. The van der Waals surface area contributed by atoms with Crippen molar-refractivity contribution in [3.63, 3.8) is 0 Å². The highest BCUT2D eigenvalue weighted by atomic mass is 16.5. The Balaban J connectivity index is 1.77. The van der Waals surface area contributed by atoms with Crippen LogP contribution in [0.1, 0.15) is 29.3 Å². The molecule has 2 aromatic carbocycles. The van der Waals surface area contributed by atoms with Gasteiger partial charge in [-0.2, -0.15) is 0 Å². The number of Topliss-reactive ketones (excluding diaryl/α,β-unsaturated/α-hetero) is 1. The number of aromatic nitrogens is 1. The lowest BCUT2D eigenvalue weighted by Crippen LogP contribution is -2.31. The van der Waals surface area contributed by atoms with Crippen molar-refractivity contribution in [1.29, 1.82) is 0 Å². The van der Waals surface area contributed by atoms with Crippen LogP contribution in [0.3, 0.4) is 0 Å². The minimum absolute atomic E-state index is 0.0427. The molecule has 1 aromatic heterocycles. The molecular weight excluding hydrogens is 460 g/mol. The number of carbonyl (C=O) groups excluding carboxylic acids is 2. The smallest absolute Gasteiger partial charge is 0.290 e. The normalized spacial score (nSPS) is 15.2. The lowest BCUT2D eigenvalue weighted by atomic mass is 9.92. The van der Waals surface area contributed by atoms with E-state index in [1.165, 1.54) is 26.2 Å². The summed E-state index contributed by atoms with van der Waals surface area (Å²) in [5, 5.41) is 10.9. The molecule has 0 bridgehead atoms. The van der Waals surface area contributed by atoms with Gasteiger partial charge in [-0.25, -0.2) is 0 Å². The van der Waals surface area contributed by atoms with Gasteiger partial charge in [-0.15, -0.1) is 0 Å². The summed E-state index contributed by atoms with van der Waals surface area (Å²) in [6, 6.07) is 17.5. The van der Waals surface area contributed by atoms with E-state index < -0.39 is 17.7 Å². The van der Waals surface area contributed by atoms with Crippen molar-refractivity contribution < 1.29 is 28.9 Å². The highest BCUT2D eigenvalue weighted by Crippen LogP contribution is 2.45. The van der Waals surface area contributed by atoms with Crippen LogP contribution >= 0.6 is 0 Å². The molecule has 8 nitrogen and oxygen atoms in total. The standard InChI is InChI=1S/C28H28N2O6/c1-34-22-15-19(16-23(35-2)27(22)36-3)25-24(21(31)13-12-18-9-5-4-6-10-18)26(32)28(33)30(25)17-20-11-7-8-14-29-20/h4-11,14-16,25,32H,12-13,17H2,1-3H3. The Morgan fingerprint density at radius 1 is 0.972 bits per heavy atom. The first-order valence-electron chi connectivity index (χ1n) is 11.5. The van der Waals surface area contributed by atoms with Gasteiger partial charge in [0.25, 0.3) is 5.91 Å². The van der Waals surface area contributed by atoms with Gasteiger partial charge in [-0.05, 0) is 41.8 Å². The fraction of sp³-hybridized carbons (Fsp3) is 0.250. The number of nitrogens with zero attached hydrogens (tertiary/aromatic N) is 2. The molecule has 3 aromatic rings. The van der Waals surface area contributed by atoms with Crippen molar-refractivity contribution in [1.82, 2.24) is 9.88 Å². The van der Waals surface area contributed by atoms with E-state index in [4.69, 9.17) is 14.2 Å². The maximum absolute atomic E-state index is 13.5. The maximum Gasteiger partial charge on any atom is 0.290 e. The Morgan fingerprint density at radius 3 is 2.22 bits per heavy atom. The molecule has 0 spiro atoms. The predicted molar refractivity (Wildman–Crippen MR) is 133 cm³/mol. The van der Waals surface area contributed by atoms with Gasteiger partial charge in [0.2, 0.25) is 5.75 Å². The number of amides is 1. The third kappa shape index (κ3) is 4.88. The van der Waals surface area contributed by atoms with Gasteiger partial charge in [-0.3, -0.25) is 14.6 Å². The summed E-state index contributed by atoms with van der Waals surface area (Å²) in [6.07, 6.45) is 2.24. The zero-order valence-corrected chi connectivity index (χ0v) is 20.4. The van der Waals surface area contributed by atoms with Gasteiger partial charge in [0, 0.05) is 12.6 Å². The molecule has 0 radical (unpaired) electrons. The second kappa shape index (κ2) is 10.9. The fourth-order valence-electron chi connectivity index (χ4n) is 4.41. The number of carbonyl (C=O) groups is 2. The summed E-state index contributed by atoms with van der Waals surface area (Å²) >= 11 is 0. The quantitative estimate of drug-likeness (QED) is 0.457. The Morgan fingerprint density at radius 2 is 1.64 bits per heavy atom. The van der Waals surface area contributed by atoms with Crippen molar-refractivity contribution in [3.05, 3.63) is 95.0 Å². The highest BCUT2D eigenvalue weighted by Gasteiger charge is 2.44. The van der Waals surface area contributed by atoms with Gasteiger partial charge in [0.05, 0.1) is 45.2 Å². The van der Waals surface area contributed by atoms with Crippen molar-refractivity contribution in [2.24, 2.45) is 0 Å². The van der Waals surface area contributed by atoms with Crippen LogP contribution in [0.4, 0.5) is 0 Å². The Labute approximate surface area is 209 Å². The number of ether oxygens (including phenoxy) is 3. The zero-order chi connectivity index (χ0) is 25.7. The lowest BCUT2D eigenvalue weighted by Gasteiger charge is -2.27. The number of ketones is 1. The average Bonchev–Trinajstić information content (AvgIpc) is 3.17. The molecule has 1 amide bonds. The molecule has 0 aliphatic carbocycles. The van der Waals surface area contributed by atoms with E-state index in [2.05, 4.69) is 4.98 Å². The molecule has 8 heteroatoms. The first kappa shape index (κ1) is 24.8. The number of pyridine rings is 1. The topological polar surface area (TPSA) is 98.2 Å². The van der Waals surface area contributed by atoms with E-state index in [9.17, 15) is 14.7 Å². The number of aliphatic hydroxyl groups excluding tert-OH is 1. The van der Waals surface area contributed by atoms with Gasteiger partial charge in [-0.1, -0.05) is 36.4 Å². The fourth-order valence-corrected chi connectivity index (χ4v) is 4.41. The van der Waals surface area contributed by atoms with Gasteiger partial charge >= 0.3 is 0 Å². The maximum atomic E-state index is 13.5. The van der Waals surface area contributed by atoms with Gasteiger partial charge in [0.15, 0.2) is 23.0 Å². The van der Waals surface area contributed by atoms with Crippen molar-refractivity contribution in [2.75, 3.05) is 21.3 Å². The number of hydrogen-bond donors (Lipinski definition) is 1. The number of methoxy groups -OCH3 is 3. The van der Waals surface area contributed by atoms with E-state index in [0.717, 1.165) is 5.56 Å². The molecule has 36 heavy (non-hydrogen) atoms. The first-order valence-corrected chi connectivity index (χ1v) is 11.5. The monoisotopic (exact) mass is 488 g/mol. The predicted octanol–water partition coefficient (Wildman–Crippen LogP) is 4.20. The zero-order valence-electron chi connectivity index (χ0n) is 20.4. The highest BCUT2D eigenvalue weighted by molar-refractivity contribution is 6.09. The number of aliphatic hydroxyl groups is 1. The van der Waals surface area contributed by atoms with Gasteiger partial charge < -0.3 is 24.2 Å². The van der Waals surface area contributed by atoms with E-state index in [0.29, 0.717) is 34.9 Å². The summed E-state index contributed by atoms with van der Waals surface area (Å²) in [4.78, 5) is 32.5. The summed E-state index contributed by atoms with van der Waals surface area (Å²) in [6.45, 7) is 0.0977. The van der Waals surface area contributed by atoms with E-state index in [1.54, 1.807) is 30.5 Å². The Kier molecular flexibility index (Phi) is 7.53. The molecule has 1 aliphatic heterocycles. The molecule has 1 aliphatic rings. The van der Waals surface area contributed by atoms with E-state index in [-0.39, 0.29) is 24.3 Å². The van der Waals surface area contributed by atoms with Crippen LogP contribution in [-0.4, -0.2) is 48.0 Å². The molecule has 2 heterocycles. The molecule has 1 N–H and O–H groups in total. The minimum atomic E-state index is -0.864. The number of benzene rings is 2. The lowest BCUT2D eigenvalue weighted by molar-refractivity contribution is -0.130. The summed E-state index contributed by atoms with van der Waals surface area (Å²) in [7, 11) is 4.48. The van der Waals surface area contributed by atoms with Crippen molar-refractivity contribution in [3.8, 4) is 17.2 Å². The van der Waals surface area contributed by atoms with Crippen molar-refractivity contribution >= 4 is 11.7 Å². The van der Waals surface area contributed by atoms with Gasteiger partial charge in [0.1, 0.15) is 0 Å². The van der Waals surface area contributed by atoms with Crippen molar-refractivity contribution in [2.45, 2.75) is 25.4 Å². The SMILES string of the molecule is COc1cc(C2C(C(=O)CCc3ccccc3)=C(O)C(=O)N2Cc2ccccn2)cc(OC)c1OC. The third-order valence-corrected chi connectivity index (χ3v) is 6.15. The second-order valence-corrected chi connectivity index (χ2v) is 8.29. The van der Waals surface area contributed by atoms with E-state index >= 15 is 0 Å². The van der Waals surface area contributed by atoms with Crippen LogP contribution in [0.2, 0.25) is 0 Å². The molecule has 0 saturated carbocycles. The summed E-state index contributed by atoms with van der Waals surface area (Å²) < 4.78 is 16.4. The molecule has 0 saturated heterocycles. The number of aryl methyl sites for hydroxylation is 1.